The van der Waals surface area contributed by atoms with Crippen LogP contribution in [0.5, 0.6) is 0 Å². The SMILES string of the molecule is OC(CCc1ccccn1)Cc1cccc(F)c1F. The number of hydrogen-bond acceptors (Lipinski definition) is 2. The van der Waals surface area contributed by atoms with Crippen LogP contribution in [0.25, 0.3) is 0 Å². The van der Waals surface area contributed by atoms with Gasteiger partial charge in [-0.15, -0.1) is 0 Å². The van der Waals surface area contributed by atoms with Gasteiger partial charge in [0.25, 0.3) is 0 Å². The normalized spacial score (nSPS) is 12.4. The van der Waals surface area contributed by atoms with Gasteiger partial charge in [0.2, 0.25) is 0 Å². The minimum absolute atomic E-state index is 0.108. The largest absolute Gasteiger partial charge is 0.393 e. The summed E-state index contributed by atoms with van der Waals surface area (Å²) in [6.07, 6.45) is 2.16. The van der Waals surface area contributed by atoms with Gasteiger partial charge in [0.15, 0.2) is 11.6 Å². The third kappa shape index (κ3) is 3.83. The highest BCUT2D eigenvalue weighted by Crippen LogP contribution is 2.15. The third-order valence-electron chi connectivity index (χ3n) is 2.95. The van der Waals surface area contributed by atoms with Gasteiger partial charge >= 0.3 is 0 Å². The zero-order chi connectivity index (χ0) is 13.7. The number of aromatic nitrogens is 1. The second kappa shape index (κ2) is 6.38. The van der Waals surface area contributed by atoms with Gasteiger partial charge in [0.05, 0.1) is 6.10 Å². The average molecular weight is 263 g/mol. The number of nitrogens with zero attached hydrogens (tertiary/aromatic N) is 1. The third-order valence-corrected chi connectivity index (χ3v) is 2.95. The lowest BCUT2D eigenvalue weighted by Crippen LogP contribution is -2.13. The molecule has 0 spiro atoms. The number of aryl methyl sites for hydroxylation is 1. The van der Waals surface area contributed by atoms with Crippen molar-refractivity contribution in [1.29, 1.82) is 0 Å². The van der Waals surface area contributed by atoms with Crippen LogP contribution >= 0.6 is 0 Å². The van der Waals surface area contributed by atoms with Gasteiger partial charge in [-0.05, 0) is 36.6 Å². The van der Waals surface area contributed by atoms with Crippen molar-refractivity contribution in [1.82, 2.24) is 4.98 Å². The van der Waals surface area contributed by atoms with Crippen LogP contribution in [0.4, 0.5) is 8.78 Å². The molecule has 0 saturated heterocycles. The maximum absolute atomic E-state index is 13.4. The van der Waals surface area contributed by atoms with Crippen LogP contribution in [0, 0.1) is 11.6 Å². The van der Waals surface area contributed by atoms with E-state index in [0.29, 0.717) is 12.8 Å². The highest BCUT2D eigenvalue weighted by Gasteiger charge is 2.12. The number of halogens is 2. The summed E-state index contributed by atoms with van der Waals surface area (Å²) >= 11 is 0. The van der Waals surface area contributed by atoms with Crippen LogP contribution in [0.2, 0.25) is 0 Å². The fourth-order valence-corrected chi connectivity index (χ4v) is 1.92. The molecule has 0 aliphatic carbocycles. The predicted octanol–water partition coefficient (Wildman–Crippen LogP) is 2.90. The Balaban J connectivity index is 1.91. The molecule has 0 bridgehead atoms. The summed E-state index contributed by atoms with van der Waals surface area (Å²) in [5.74, 6) is -1.76. The molecular weight excluding hydrogens is 248 g/mol. The molecule has 0 aliphatic rings. The Bertz CT molecular complexity index is 531. The molecule has 0 aliphatic heterocycles. The molecule has 100 valence electrons. The highest BCUT2D eigenvalue weighted by molar-refractivity contribution is 5.19. The lowest BCUT2D eigenvalue weighted by atomic mass is 10.0. The molecular formula is C15H15F2NO. The molecule has 0 amide bonds. The summed E-state index contributed by atoms with van der Waals surface area (Å²) in [6, 6.07) is 9.57. The molecule has 0 fully saturated rings. The zero-order valence-corrected chi connectivity index (χ0v) is 10.4. The molecule has 0 saturated carbocycles. The van der Waals surface area contributed by atoms with E-state index in [0.717, 1.165) is 11.8 Å². The van der Waals surface area contributed by atoms with Crippen molar-refractivity contribution < 1.29 is 13.9 Å². The summed E-state index contributed by atoms with van der Waals surface area (Å²) in [7, 11) is 0. The van der Waals surface area contributed by atoms with E-state index in [1.807, 2.05) is 18.2 Å². The van der Waals surface area contributed by atoms with Gasteiger partial charge in [-0.3, -0.25) is 4.98 Å². The Hall–Kier alpha value is -1.81. The van der Waals surface area contributed by atoms with Crippen LogP contribution in [0.15, 0.2) is 42.6 Å². The molecule has 1 N–H and O–H groups in total. The van der Waals surface area contributed by atoms with E-state index in [4.69, 9.17) is 0 Å². The van der Waals surface area contributed by atoms with E-state index < -0.39 is 17.7 Å². The van der Waals surface area contributed by atoms with Crippen LogP contribution in [-0.4, -0.2) is 16.2 Å². The first kappa shape index (κ1) is 13.6. The van der Waals surface area contributed by atoms with Gasteiger partial charge in [-0.2, -0.15) is 0 Å². The first-order valence-electron chi connectivity index (χ1n) is 6.17. The summed E-state index contributed by atoms with van der Waals surface area (Å²) in [4.78, 5) is 4.14. The molecule has 1 aromatic carbocycles. The van der Waals surface area contributed by atoms with Gasteiger partial charge < -0.3 is 5.11 Å². The van der Waals surface area contributed by atoms with Crippen molar-refractivity contribution in [2.75, 3.05) is 0 Å². The monoisotopic (exact) mass is 263 g/mol. The molecule has 19 heavy (non-hydrogen) atoms. The Morgan fingerprint density at radius 2 is 1.95 bits per heavy atom. The van der Waals surface area contributed by atoms with Crippen LogP contribution in [0.3, 0.4) is 0 Å². The summed E-state index contributed by atoms with van der Waals surface area (Å²) in [5, 5.41) is 9.86. The Morgan fingerprint density at radius 1 is 1.11 bits per heavy atom. The number of rotatable bonds is 5. The van der Waals surface area contributed by atoms with Crippen molar-refractivity contribution in [2.24, 2.45) is 0 Å². The van der Waals surface area contributed by atoms with Gasteiger partial charge in [0.1, 0.15) is 0 Å². The highest BCUT2D eigenvalue weighted by atomic mass is 19.2. The van der Waals surface area contributed by atoms with Crippen molar-refractivity contribution in [3.05, 3.63) is 65.5 Å². The molecule has 1 atom stereocenters. The van der Waals surface area contributed by atoms with E-state index in [2.05, 4.69) is 4.98 Å². The van der Waals surface area contributed by atoms with Crippen LogP contribution in [0.1, 0.15) is 17.7 Å². The van der Waals surface area contributed by atoms with Gasteiger partial charge in [0, 0.05) is 18.3 Å². The maximum atomic E-state index is 13.4. The molecule has 1 aromatic heterocycles. The number of benzene rings is 1. The van der Waals surface area contributed by atoms with E-state index >= 15 is 0 Å². The first-order valence-corrected chi connectivity index (χ1v) is 6.17. The van der Waals surface area contributed by atoms with Gasteiger partial charge in [-0.25, -0.2) is 8.78 Å². The predicted molar refractivity (Wildman–Crippen MR) is 68.6 cm³/mol. The van der Waals surface area contributed by atoms with Crippen LogP contribution in [-0.2, 0) is 12.8 Å². The molecule has 0 radical (unpaired) electrons. The van der Waals surface area contributed by atoms with Crippen molar-refractivity contribution >= 4 is 0 Å². The second-order valence-electron chi connectivity index (χ2n) is 4.43. The number of hydrogen-bond donors (Lipinski definition) is 1. The van der Waals surface area contributed by atoms with Crippen molar-refractivity contribution in [3.63, 3.8) is 0 Å². The fourth-order valence-electron chi connectivity index (χ4n) is 1.92. The first-order chi connectivity index (χ1) is 9.16. The van der Waals surface area contributed by atoms with Crippen molar-refractivity contribution in [2.45, 2.75) is 25.4 Å². The molecule has 1 unspecified atom stereocenters. The molecule has 4 heteroatoms. The summed E-state index contributed by atoms with van der Waals surface area (Å²) in [5.41, 5.74) is 1.08. The minimum Gasteiger partial charge on any atom is -0.393 e. The van der Waals surface area contributed by atoms with E-state index in [9.17, 15) is 13.9 Å². The Morgan fingerprint density at radius 3 is 2.68 bits per heavy atom. The Kier molecular flexibility index (Phi) is 4.58. The quantitative estimate of drug-likeness (QED) is 0.899. The topological polar surface area (TPSA) is 33.1 Å². The molecule has 1 heterocycles. The zero-order valence-electron chi connectivity index (χ0n) is 10.4. The smallest absolute Gasteiger partial charge is 0.162 e. The van der Waals surface area contributed by atoms with Gasteiger partial charge in [-0.1, -0.05) is 18.2 Å². The average Bonchev–Trinajstić information content (AvgIpc) is 2.43. The van der Waals surface area contributed by atoms with E-state index in [1.54, 1.807) is 6.20 Å². The maximum Gasteiger partial charge on any atom is 0.162 e. The molecule has 2 rings (SSSR count). The Labute approximate surface area is 110 Å². The molecule has 2 aromatic rings. The number of aliphatic hydroxyl groups excluding tert-OH is 1. The van der Waals surface area contributed by atoms with Crippen LogP contribution < -0.4 is 0 Å². The summed E-state index contributed by atoms with van der Waals surface area (Å²) in [6.45, 7) is 0. The lowest BCUT2D eigenvalue weighted by molar-refractivity contribution is 0.163. The van der Waals surface area contributed by atoms with Crippen molar-refractivity contribution in [3.8, 4) is 0 Å². The summed E-state index contributed by atoms with van der Waals surface area (Å²) < 4.78 is 26.4. The molecule has 2 nitrogen and oxygen atoms in total. The second-order valence-corrected chi connectivity index (χ2v) is 4.43. The number of aliphatic hydroxyl groups is 1. The minimum atomic E-state index is -0.880. The standard InChI is InChI=1S/C15H15F2NO/c16-14-6-3-4-11(15(14)17)10-13(19)8-7-12-5-1-2-9-18-12/h1-6,9,13,19H,7-8,10H2. The number of pyridine rings is 1. The van der Waals surface area contributed by atoms with E-state index in [1.165, 1.54) is 12.1 Å². The fraction of sp³-hybridized carbons (Fsp3) is 0.267. The lowest BCUT2D eigenvalue weighted by Gasteiger charge is -2.11. The van der Waals surface area contributed by atoms with E-state index in [-0.39, 0.29) is 12.0 Å².